The number of likely N-dealkylation sites (tertiary alicyclic amines) is 1. The van der Waals surface area contributed by atoms with Gasteiger partial charge >= 0.3 is 5.97 Å². The Bertz CT molecular complexity index is 1560. The average molecular weight is 765 g/mol. The standard InChI is InChI=1S/C40H50BrN3O7/c1-5-8-20-32(46)42-24-31(28-18-13-10-14-19-28)50-39(49)33-34-37(47)44(29(25-45)22-27-16-11-9-12-17-27)36(40(34)23-30(41)35(33)51-40)38(48)43(21-7-3)26(4)15-6-2/h5,7,9-14,16-19,26,29-31,33-36,45H,1,3,6,8,15,20-25H2,2,4H3,(H,42,46)/t26?,29-,30?,31+,33+,34-,35+,36+,40-/m1/s1. The Hall–Kier alpha value is -3.80. The molecule has 2 bridgehead atoms. The number of benzene rings is 2. The normalized spacial score (nSPS) is 26.5. The zero-order valence-corrected chi connectivity index (χ0v) is 31.1. The molecule has 3 heterocycles. The number of carbonyl (C=O) groups excluding carboxylic acids is 4. The van der Waals surface area contributed by atoms with E-state index in [1.807, 2.05) is 67.6 Å². The highest BCUT2D eigenvalue weighted by Crippen LogP contribution is 2.61. The number of carbonyl (C=O) groups is 4. The molecule has 274 valence electrons. The van der Waals surface area contributed by atoms with Gasteiger partial charge in [0.2, 0.25) is 17.7 Å². The van der Waals surface area contributed by atoms with Gasteiger partial charge < -0.3 is 29.7 Å². The van der Waals surface area contributed by atoms with Crippen LogP contribution in [0, 0.1) is 11.8 Å². The Morgan fingerprint density at radius 2 is 1.82 bits per heavy atom. The summed E-state index contributed by atoms with van der Waals surface area (Å²) in [5.74, 6) is -3.60. The van der Waals surface area contributed by atoms with Crippen molar-refractivity contribution in [1.29, 1.82) is 0 Å². The van der Waals surface area contributed by atoms with E-state index in [-0.39, 0.29) is 42.2 Å². The van der Waals surface area contributed by atoms with Gasteiger partial charge in [0.1, 0.15) is 17.7 Å². The van der Waals surface area contributed by atoms with Crippen molar-refractivity contribution >= 4 is 39.6 Å². The molecule has 0 radical (unpaired) electrons. The zero-order valence-electron chi connectivity index (χ0n) is 29.5. The molecule has 2 aromatic rings. The highest BCUT2D eigenvalue weighted by molar-refractivity contribution is 9.09. The van der Waals surface area contributed by atoms with Gasteiger partial charge in [0.25, 0.3) is 0 Å². The molecule has 0 aromatic heterocycles. The van der Waals surface area contributed by atoms with Crippen LogP contribution in [0.15, 0.2) is 86.0 Å². The molecule has 0 saturated carbocycles. The second-order valence-electron chi connectivity index (χ2n) is 13.8. The molecule has 0 aliphatic carbocycles. The summed E-state index contributed by atoms with van der Waals surface area (Å²) in [4.78, 5) is 59.7. The molecule has 3 aliphatic rings. The molecule has 3 aliphatic heterocycles. The van der Waals surface area contributed by atoms with Crippen LogP contribution in [0.5, 0.6) is 0 Å². The highest BCUT2D eigenvalue weighted by atomic mass is 79.9. The van der Waals surface area contributed by atoms with Crippen molar-refractivity contribution in [2.24, 2.45) is 11.8 Å². The van der Waals surface area contributed by atoms with E-state index in [0.717, 1.165) is 18.4 Å². The fourth-order valence-corrected chi connectivity index (χ4v) is 9.09. The lowest BCUT2D eigenvalue weighted by Crippen LogP contribution is -2.60. The van der Waals surface area contributed by atoms with E-state index in [0.29, 0.717) is 24.8 Å². The maximum absolute atomic E-state index is 14.9. The fourth-order valence-electron chi connectivity index (χ4n) is 8.15. The van der Waals surface area contributed by atoms with Crippen molar-refractivity contribution in [1.82, 2.24) is 15.1 Å². The number of fused-ring (bicyclic) bond motifs is 1. The predicted molar refractivity (Wildman–Crippen MR) is 198 cm³/mol. The molecule has 9 atom stereocenters. The van der Waals surface area contributed by atoms with Crippen LogP contribution in [0.3, 0.4) is 0 Å². The summed E-state index contributed by atoms with van der Waals surface area (Å²) in [6.45, 7) is 11.5. The first kappa shape index (κ1) is 38.4. The first-order chi connectivity index (χ1) is 24.6. The van der Waals surface area contributed by atoms with Crippen LogP contribution >= 0.6 is 15.9 Å². The Kier molecular flexibility index (Phi) is 12.9. The molecule has 1 spiro atoms. The van der Waals surface area contributed by atoms with Gasteiger partial charge in [-0.3, -0.25) is 19.2 Å². The van der Waals surface area contributed by atoms with Gasteiger partial charge in [0.05, 0.1) is 37.1 Å². The van der Waals surface area contributed by atoms with E-state index >= 15 is 0 Å². The van der Waals surface area contributed by atoms with Crippen molar-refractivity contribution in [2.75, 3.05) is 19.7 Å². The third kappa shape index (κ3) is 7.85. The summed E-state index contributed by atoms with van der Waals surface area (Å²) in [6, 6.07) is 16.7. The monoisotopic (exact) mass is 763 g/mol. The van der Waals surface area contributed by atoms with Gasteiger partial charge in [0.15, 0.2) is 0 Å². The number of allylic oxidation sites excluding steroid dienone is 1. The first-order valence-corrected chi connectivity index (χ1v) is 18.9. The molecule has 2 aromatic carbocycles. The largest absolute Gasteiger partial charge is 0.455 e. The number of esters is 1. The average Bonchev–Trinajstić information content (AvgIpc) is 3.74. The van der Waals surface area contributed by atoms with E-state index < -0.39 is 60.2 Å². The number of aliphatic hydroxyl groups is 1. The van der Waals surface area contributed by atoms with E-state index in [4.69, 9.17) is 9.47 Å². The number of hydrogen-bond donors (Lipinski definition) is 2. The van der Waals surface area contributed by atoms with Crippen molar-refractivity contribution in [3.63, 3.8) is 0 Å². The number of alkyl halides is 1. The zero-order chi connectivity index (χ0) is 36.7. The lowest BCUT2D eigenvalue weighted by atomic mass is 9.70. The number of ether oxygens (including phenoxy) is 2. The molecule has 11 heteroatoms. The molecule has 2 N–H and O–H groups in total. The number of nitrogens with one attached hydrogen (secondary N) is 1. The molecular weight excluding hydrogens is 714 g/mol. The summed E-state index contributed by atoms with van der Waals surface area (Å²) >= 11 is 3.75. The molecular formula is C40H50BrN3O7. The third-order valence-electron chi connectivity index (χ3n) is 10.5. The van der Waals surface area contributed by atoms with Crippen LogP contribution < -0.4 is 5.32 Å². The number of hydrogen-bond acceptors (Lipinski definition) is 7. The van der Waals surface area contributed by atoms with Crippen LogP contribution in [0.4, 0.5) is 0 Å². The first-order valence-electron chi connectivity index (χ1n) is 17.9. The van der Waals surface area contributed by atoms with Crippen LogP contribution in [0.2, 0.25) is 0 Å². The van der Waals surface area contributed by atoms with E-state index in [2.05, 4.69) is 41.3 Å². The summed E-state index contributed by atoms with van der Waals surface area (Å²) in [5.41, 5.74) is 0.241. The number of aliphatic hydroxyl groups excluding tert-OH is 1. The Labute approximate surface area is 309 Å². The molecule has 3 fully saturated rings. The summed E-state index contributed by atoms with van der Waals surface area (Å²) in [5, 5.41) is 13.7. The molecule has 3 saturated heterocycles. The smallest absolute Gasteiger partial charge is 0.313 e. The maximum atomic E-state index is 14.9. The highest BCUT2D eigenvalue weighted by Gasteiger charge is 2.77. The molecule has 51 heavy (non-hydrogen) atoms. The van der Waals surface area contributed by atoms with Crippen LogP contribution in [0.1, 0.15) is 63.2 Å². The SMILES string of the molecule is C=CCCC(=O)NC[C@H](OC(=O)[C@@H]1[C@H]2O[C@@]3(CC2Br)[C@H](C(=O)N(CC=C)C(C)CCC)N([C@@H](CO)Cc2ccccc2)C(=O)[C@@H]13)c1ccccc1. The second-order valence-corrected chi connectivity index (χ2v) is 15.0. The van der Waals surface area contributed by atoms with E-state index in [1.165, 1.54) is 4.90 Å². The Morgan fingerprint density at radius 1 is 1.14 bits per heavy atom. The Balaban J connectivity index is 1.52. The van der Waals surface area contributed by atoms with Crippen LogP contribution in [-0.2, 0) is 35.1 Å². The lowest BCUT2D eigenvalue weighted by molar-refractivity contribution is -0.161. The van der Waals surface area contributed by atoms with E-state index in [1.54, 1.807) is 17.1 Å². The molecule has 10 nitrogen and oxygen atoms in total. The maximum Gasteiger partial charge on any atom is 0.313 e. The van der Waals surface area contributed by atoms with Gasteiger partial charge in [-0.2, -0.15) is 0 Å². The predicted octanol–water partition coefficient (Wildman–Crippen LogP) is 4.91. The van der Waals surface area contributed by atoms with Gasteiger partial charge in [-0.1, -0.05) is 102 Å². The minimum Gasteiger partial charge on any atom is -0.455 e. The van der Waals surface area contributed by atoms with Gasteiger partial charge in [-0.05, 0) is 43.7 Å². The Morgan fingerprint density at radius 3 is 2.45 bits per heavy atom. The summed E-state index contributed by atoms with van der Waals surface area (Å²) in [6.07, 6.45) is 4.76. The molecule has 2 unspecified atom stereocenters. The fraction of sp³-hybridized carbons (Fsp3) is 0.500. The minimum atomic E-state index is -1.34. The van der Waals surface area contributed by atoms with Crippen molar-refractivity contribution in [3.05, 3.63) is 97.1 Å². The summed E-state index contributed by atoms with van der Waals surface area (Å²) in [7, 11) is 0. The van der Waals surface area contributed by atoms with Crippen molar-refractivity contribution in [3.8, 4) is 0 Å². The third-order valence-corrected chi connectivity index (χ3v) is 11.3. The topological polar surface area (TPSA) is 125 Å². The van der Waals surface area contributed by atoms with Crippen LogP contribution in [0.25, 0.3) is 0 Å². The van der Waals surface area contributed by atoms with Gasteiger partial charge in [-0.25, -0.2) is 0 Å². The second kappa shape index (κ2) is 17.1. The molecule has 3 amide bonds. The number of halogens is 1. The quantitative estimate of drug-likeness (QED) is 0.126. The van der Waals surface area contributed by atoms with Crippen molar-refractivity contribution < 1.29 is 33.8 Å². The summed E-state index contributed by atoms with van der Waals surface area (Å²) < 4.78 is 13.0. The lowest BCUT2D eigenvalue weighted by Gasteiger charge is -2.41. The van der Waals surface area contributed by atoms with Gasteiger partial charge in [-0.15, -0.1) is 13.2 Å². The van der Waals surface area contributed by atoms with Crippen LogP contribution in [-0.4, -0.2) is 93.0 Å². The number of rotatable bonds is 18. The number of amides is 3. The minimum absolute atomic E-state index is 0.0359. The van der Waals surface area contributed by atoms with Gasteiger partial charge in [0, 0.05) is 23.8 Å². The van der Waals surface area contributed by atoms with Crippen molar-refractivity contribution in [2.45, 2.75) is 93.1 Å². The van der Waals surface area contributed by atoms with E-state index in [9.17, 15) is 24.3 Å². The number of nitrogens with zero attached hydrogens (tertiary/aromatic N) is 2. The molecule has 5 rings (SSSR count).